The van der Waals surface area contributed by atoms with Crippen LogP contribution in [0.3, 0.4) is 0 Å². The van der Waals surface area contributed by atoms with Gasteiger partial charge in [0.25, 0.3) is 0 Å². The zero-order chi connectivity index (χ0) is 64.9. The zero-order valence-electron chi connectivity index (χ0n) is 47.7. The van der Waals surface area contributed by atoms with Gasteiger partial charge in [0.1, 0.15) is 47.1 Å². The molecule has 20 nitrogen and oxygen atoms in total. The highest BCUT2D eigenvalue weighted by Crippen LogP contribution is 2.59. The number of halogens is 8. The first kappa shape index (κ1) is 68.8. The van der Waals surface area contributed by atoms with Gasteiger partial charge in [-0.1, -0.05) is 78.8 Å². The van der Waals surface area contributed by atoms with Gasteiger partial charge in [-0.05, 0) is 127 Å². The van der Waals surface area contributed by atoms with Crippen LogP contribution in [-0.2, 0) is 77.5 Å². The molecule has 480 valence electrons. The molecule has 2 heterocycles. The number of ether oxygens (including phenoxy) is 11. The maximum atomic E-state index is 15.8. The van der Waals surface area contributed by atoms with E-state index in [4.69, 9.17) is 100 Å². The number of methoxy groups -OCH3 is 1. The van der Waals surface area contributed by atoms with Gasteiger partial charge in [0, 0.05) is 55.1 Å². The average molecular weight is 1470 g/mol. The van der Waals surface area contributed by atoms with E-state index in [0.717, 1.165) is 18.2 Å². The average Bonchev–Trinajstić information content (AvgIpc) is 0.714. The third kappa shape index (κ3) is 17.4. The van der Waals surface area contributed by atoms with E-state index in [1.165, 1.54) is 110 Å². The van der Waals surface area contributed by atoms with E-state index in [0.29, 0.717) is 24.0 Å². The molecule has 1 saturated heterocycles. The third-order valence-electron chi connectivity index (χ3n) is 14.2. The number of nitrogens with zero attached hydrogens (tertiary/aromatic N) is 2. The lowest BCUT2D eigenvalue weighted by atomic mass is 9.76. The van der Waals surface area contributed by atoms with Gasteiger partial charge in [-0.3, -0.25) is 13.6 Å². The minimum atomic E-state index is -5.37. The highest BCUT2D eigenvalue weighted by atomic mass is 79.9. The van der Waals surface area contributed by atoms with Crippen molar-refractivity contribution in [3.05, 3.63) is 180 Å². The summed E-state index contributed by atoms with van der Waals surface area (Å²) in [7, 11) is -4.08. The number of hydrogen-bond donors (Lipinski definition) is 0. The Labute approximate surface area is 551 Å². The number of carbonyl (C=O) groups excluding carboxylic acids is 3. The molecule has 6 aromatic carbocycles. The first-order chi connectivity index (χ1) is 43.6. The topological polar surface area (TPSA) is 245 Å². The highest BCUT2D eigenvalue weighted by molar-refractivity contribution is 9.10. The number of hydrogen-bond acceptors (Lipinski definition) is 20. The number of phosphoric acid groups is 1. The van der Waals surface area contributed by atoms with Crippen molar-refractivity contribution in [2.45, 2.75) is 79.9 Å². The number of alkyl halides is 3. The van der Waals surface area contributed by atoms with Crippen molar-refractivity contribution in [2.24, 2.45) is 0 Å². The molecule has 0 spiro atoms. The molecule has 2 aliphatic heterocycles. The zero-order valence-corrected chi connectivity index (χ0v) is 54.0. The Kier molecular flexibility index (Phi) is 23.4. The third-order valence-corrected chi connectivity index (χ3v) is 17.4. The number of esters is 3. The summed E-state index contributed by atoms with van der Waals surface area (Å²) in [6, 6.07) is 34.6. The van der Waals surface area contributed by atoms with E-state index in [-0.39, 0.29) is 71.5 Å². The summed E-state index contributed by atoms with van der Waals surface area (Å²) in [4.78, 5) is 44.7. The fourth-order valence-electron chi connectivity index (χ4n) is 10.1. The lowest BCUT2D eigenvalue weighted by molar-refractivity contribution is -0.334. The fraction of sp³-hybridized carbons (Fsp3) is 0.339. The van der Waals surface area contributed by atoms with Crippen LogP contribution in [0.4, 0.5) is 13.2 Å². The van der Waals surface area contributed by atoms with Crippen LogP contribution >= 0.6 is 74.5 Å². The molecular formula is C62H53Br2Cl3F3N2O18P. The second-order valence-electron chi connectivity index (χ2n) is 20.1. The van der Waals surface area contributed by atoms with Crippen LogP contribution < -0.4 is 18.9 Å². The van der Waals surface area contributed by atoms with Crippen LogP contribution in [0.1, 0.15) is 47.9 Å². The van der Waals surface area contributed by atoms with Crippen molar-refractivity contribution < 1.29 is 97.8 Å². The molecule has 29 heteroatoms. The van der Waals surface area contributed by atoms with E-state index in [2.05, 4.69) is 31.9 Å². The first-order valence-electron chi connectivity index (χ1n) is 27.6. The van der Waals surface area contributed by atoms with Crippen molar-refractivity contribution in [1.29, 1.82) is 10.5 Å². The minimum absolute atomic E-state index is 0.00197. The van der Waals surface area contributed by atoms with Gasteiger partial charge >= 0.3 is 31.9 Å². The summed E-state index contributed by atoms with van der Waals surface area (Å²) in [5.41, 5.74) is -3.98. The molecule has 91 heavy (non-hydrogen) atoms. The number of phosphoric ester groups is 1. The first-order valence-corrected chi connectivity index (χ1v) is 31.8. The summed E-state index contributed by atoms with van der Waals surface area (Å²) in [6.07, 6.45) is -19.6. The summed E-state index contributed by atoms with van der Waals surface area (Å²) in [6.45, 7) is -4.14. The van der Waals surface area contributed by atoms with Crippen LogP contribution in [0.2, 0.25) is 15.1 Å². The van der Waals surface area contributed by atoms with Crippen LogP contribution in [0.5, 0.6) is 28.7 Å². The molecule has 6 aromatic rings. The largest absolute Gasteiger partial charge is 0.482 e. The molecule has 0 N–H and O–H groups in total. The molecule has 0 amide bonds. The van der Waals surface area contributed by atoms with Gasteiger partial charge in [-0.15, -0.1) is 0 Å². The van der Waals surface area contributed by atoms with E-state index in [9.17, 15) is 20.1 Å². The molecule has 0 aromatic heterocycles. The predicted octanol–water partition coefficient (Wildman–Crippen LogP) is 13.9. The highest BCUT2D eigenvalue weighted by Gasteiger charge is 2.64. The standard InChI is InChI=1S/C62H53Br2Cl3F3N2O18P/c1-77-60(23-29-78-30-24-60)88-57-55(86-52(74)35-80-45-17-11-42(66)12-18-45)54(85-51(73)34-79-44-15-9-41(65)10-16-44)56(87-53(75)36-81-46-19-13-43(67)14-20-46)58(59(57)90-91(76,82-27-3-25-71)83-28-4-26-72)89-61(37-5-2-6-38(31-37)62(68,69)70)47-32-39(63)7-21-49(47)84-50-22-8-40(64)33-48(50)61/h2,5-22,31-33,54-59H,3-4,23-24,27-30,34-36H2,1H3/t54-,55-,56+,57-,58-,59-/m1/s1. The molecule has 2 fully saturated rings. The molecule has 1 aliphatic carbocycles. The number of nitriles is 2. The van der Waals surface area contributed by atoms with Crippen LogP contribution in [0, 0.1) is 22.7 Å². The van der Waals surface area contributed by atoms with E-state index in [1.807, 2.05) is 12.1 Å². The molecule has 0 radical (unpaired) electrons. The minimum Gasteiger partial charge on any atom is -0.482 e. The quantitative estimate of drug-likeness (QED) is 0.0161. The van der Waals surface area contributed by atoms with Crippen LogP contribution in [-0.4, -0.2) is 114 Å². The monoisotopic (exact) mass is 1460 g/mol. The Balaban J connectivity index is 1.35. The lowest BCUT2D eigenvalue weighted by Crippen LogP contribution is -2.70. The van der Waals surface area contributed by atoms with E-state index in [1.54, 1.807) is 12.1 Å². The molecule has 3 aliphatic rings. The summed E-state index contributed by atoms with van der Waals surface area (Å²) < 4.78 is 151. The Morgan fingerprint density at radius 2 is 1.03 bits per heavy atom. The van der Waals surface area contributed by atoms with Gasteiger partial charge in [0.2, 0.25) is 0 Å². The number of fused-ring (bicyclic) bond motifs is 2. The number of benzene rings is 6. The molecular weight excluding hydrogens is 1410 g/mol. The van der Waals surface area contributed by atoms with Gasteiger partial charge in [-0.25, -0.2) is 18.9 Å². The summed E-state index contributed by atoms with van der Waals surface area (Å²) in [5, 5.41) is 20.4. The van der Waals surface area contributed by atoms with Crippen molar-refractivity contribution in [1.82, 2.24) is 0 Å². The SMILES string of the molecule is COC1(O[C@@H]2[C@H](OC(=O)COc3ccc(Cl)cc3)[C@@H](OC(=O)COc3ccc(Cl)cc3)[C@H](OC(=O)COc3ccc(Cl)cc3)[C@@H](OC3(c4cccc(C(F)(F)F)c4)c4cc(Br)ccc4Oc4ccc(Br)cc43)[C@@H]2OP(=O)(OCCC#N)OCCC#N)CCOCC1. The molecule has 6 atom stereocenters. The Morgan fingerprint density at radius 3 is 1.45 bits per heavy atom. The normalized spacial score (nSPS) is 19.8. The number of rotatable bonds is 26. The second-order valence-corrected chi connectivity index (χ2v) is 24.9. The molecule has 9 rings (SSSR count). The Bertz CT molecular complexity index is 3600. The molecule has 0 bridgehead atoms. The van der Waals surface area contributed by atoms with Crippen molar-refractivity contribution >= 4 is 92.4 Å². The van der Waals surface area contributed by atoms with Crippen LogP contribution in [0.15, 0.2) is 142 Å². The van der Waals surface area contributed by atoms with E-state index < -0.39 is 131 Å². The lowest BCUT2D eigenvalue weighted by Gasteiger charge is -2.53. The molecule has 0 unspecified atom stereocenters. The predicted molar refractivity (Wildman–Crippen MR) is 325 cm³/mol. The maximum Gasteiger partial charge on any atom is 0.475 e. The van der Waals surface area contributed by atoms with Gasteiger partial charge in [0.05, 0.1) is 57.0 Å². The van der Waals surface area contributed by atoms with Gasteiger partial charge < -0.3 is 52.1 Å². The number of carbonyl (C=O) groups is 3. The summed E-state index contributed by atoms with van der Waals surface area (Å²) in [5.74, 6) is -5.20. The summed E-state index contributed by atoms with van der Waals surface area (Å²) >= 11 is 25.6. The fourth-order valence-corrected chi connectivity index (χ4v) is 12.5. The van der Waals surface area contributed by atoms with Crippen LogP contribution in [0.25, 0.3) is 0 Å². The van der Waals surface area contributed by atoms with Crippen molar-refractivity contribution in [3.8, 4) is 40.9 Å². The second kappa shape index (κ2) is 30.9. The smallest absolute Gasteiger partial charge is 0.475 e. The maximum absolute atomic E-state index is 15.8. The Morgan fingerprint density at radius 1 is 0.604 bits per heavy atom. The van der Waals surface area contributed by atoms with E-state index >= 15 is 22.5 Å². The Hall–Kier alpha value is -6.52. The van der Waals surface area contributed by atoms with Crippen molar-refractivity contribution in [2.75, 3.05) is 53.4 Å². The van der Waals surface area contributed by atoms with Gasteiger partial charge in [0.15, 0.2) is 49.5 Å². The molecule has 1 saturated carbocycles. The van der Waals surface area contributed by atoms with Crippen molar-refractivity contribution in [3.63, 3.8) is 0 Å². The van der Waals surface area contributed by atoms with Gasteiger partial charge in [-0.2, -0.15) is 23.7 Å².